The van der Waals surface area contributed by atoms with Crippen LogP contribution in [-0.2, 0) is 0 Å². The van der Waals surface area contributed by atoms with Crippen molar-refractivity contribution in [3.05, 3.63) is 61.0 Å². The molecular formula is C14H12Br2N2O3. The number of hydrogen-bond acceptors (Lipinski definition) is 4. The molecule has 0 bridgehead atoms. The number of para-hydroxylation sites is 1. The lowest BCUT2D eigenvalue weighted by Crippen LogP contribution is -2.07. The summed E-state index contributed by atoms with van der Waals surface area (Å²) in [6.07, 6.45) is 0. The van der Waals surface area contributed by atoms with Crippen molar-refractivity contribution in [1.82, 2.24) is 0 Å². The normalized spacial score (nSPS) is 12.0. The van der Waals surface area contributed by atoms with Gasteiger partial charge in [0, 0.05) is 22.1 Å². The Morgan fingerprint density at radius 3 is 2.62 bits per heavy atom. The van der Waals surface area contributed by atoms with E-state index in [1.54, 1.807) is 24.3 Å². The van der Waals surface area contributed by atoms with E-state index in [0.717, 1.165) is 10.0 Å². The highest BCUT2D eigenvalue weighted by Gasteiger charge is 2.20. The molecule has 0 amide bonds. The summed E-state index contributed by atoms with van der Waals surface area (Å²) in [5.74, 6) is 0.648. The van der Waals surface area contributed by atoms with E-state index < -0.39 is 4.92 Å². The first-order valence-electron chi connectivity index (χ1n) is 6.06. The third kappa shape index (κ3) is 3.61. The molecule has 2 rings (SSSR count). The molecule has 21 heavy (non-hydrogen) atoms. The molecule has 0 saturated heterocycles. The maximum atomic E-state index is 11.1. The number of benzene rings is 2. The second kappa shape index (κ2) is 6.55. The number of nitrogens with two attached hydrogens (primary N) is 1. The third-order valence-electron chi connectivity index (χ3n) is 2.82. The predicted octanol–water partition coefficient (Wildman–Crippen LogP) is 4.93. The van der Waals surface area contributed by atoms with Crippen LogP contribution in [0.25, 0.3) is 0 Å². The molecule has 110 valence electrons. The van der Waals surface area contributed by atoms with Crippen molar-refractivity contribution in [2.75, 3.05) is 0 Å². The summed E-state index contributed by atoms with van der Waals surface area (Å²) in [5.41, 5.74) is 6.58. The average molecular weight is 416 g/mol. The monoisotopic (exact) mass is 414 g/mol. The molecule has 2 aromatic carbocycles. The van der Waals surface area contributed by atoms with Gasteiger partial charge in [-0.15, -0.1) is 0 Å². The van der Waals surface area contributed by atoms with Gasteiger partial charge >= 0.3 is 5.69 Å². The van der Waals surface area contributed by atoms with Crippen LogP contribution in [0.1, 0.15) is 18.5 Å². The summed E-state index contributed by atoms with van der Waals surface area (Å²) < 4.78 is 7.13. The maximum absolute atomic E-state index is 11.1. The van der Waals surface area contributed by atoms with E-state index in [2.05, 4.69) is 31.9 Å². The van der Waals surface area contributed by atoms with Gasteiger partial charge in [-0.25, -0.2) is 0 Å². The van der Waals surface area contributed by atoms with E-state index >= 15 is 0 Å². The molecule has 0 fully saturated rings. The fourth-order valence-corrected chi connectivity index (χ4v) is 2.64. The molecule has 0 aromatic heterocycles. The van der Waals surface area contributed by atoms with E-state index in [-0.39, 0.29) is 17.5 Å². The number of nitro groups is 1. The van der Waals surface area contributed by atoms with Crippen LogP contribution in [0.2, 0.25) is 0 Å². The number of ether oxygens (including phenoxy) is 1. The van der Waals surface area contributed by atoms with Gasteiger partial charge < -0.3 is 10.5 Å². The minimum atomic E-state index is -0.482. The van der Waals surface area contributed by atoms with Gasteiger partial charge in [0.15, 0.2) is 0 Å². The predicted molar refractivity (Wildman–Crippen MR) is 87.6 cm³/mol. The average Bonchev–Trinajstić information content (AvgIpc) is 2.42. The Balaban J connectivity index is 2.51. The van der Waals surface area contributed by atoms with Gasteiger partial charge in [0.25, 0.3) is 0 Å². The Bertz CT molecular complexity index is 690. The molecule has 0 spiro atoms. The van der Waals surface area contributed by atoms with E-state index in [9.17, 15) is 10.1 Å². The number of halogens is 2. The van der Waals surface area contributed by atoms with Crippen LogP contribution >= 0.6 is 31.9 Å². The summed E-state index contributed by atoms with van der Waals surface area (Å²) in [7, 11) is 0. The maximum Gasteiger partial charge on any atom is 0.312 e. The van der Waals surface area contributed by atoms with E-state index in [1.165, 1.54) is 6.07 Å². The van der Waals surface area contributed by atoms with Crippen molar-refractivity contribution >= 4 is 37.5 Å². The molecule has 0 aliphatic rings. The minimum Gasteiger partial charge on any atom is -0.449 e. The minimum absolute atomic E-state index is 0.108. The van der Waals surface area contributed by atoms with Crippen LogP contribution in [0.3, 0.4) is 0 Å². The van der Waals surface area contributed by atoms with Gasteiger partial charge in [-0.3, -0.25) is 10.1 Å². The van der Waals surface area contributed by atoms with Crippen LogP contribution in [0.5, 0.6) is 11.5 Å². The van der Waals surface area contributed by atoms with E-state index in [4.69, 9.17) is 10.5 Å². The topological polar surface area (TPSA) is 78.4 Å². The summed E-state index contributed by atoms with van der Waals surface area (Å²) in [6.45, 7) is 1.82. The van der Waals surface area contributed by atoms with Crippen molar-refractivity contribution in [2.24, 2.45) is 5.73 Å². The molecule has 0 saturated carbocycles. The standard InChI is InChI=1S/C14H12Br2N2O3/c1-8(17)10-7-9(15)5-6-13(10)21-14-11(16)3-2-4-12(14)18(19)20/h2-8H,17H2,1H3. The Morgan fingerprint density at radius 2 is 2.00 bits per heavy atom. The quantitative estimate of drug-likeness (QED) is 0.567. The number of nitrogens with zero attached hydrogens (tertiary/aromatic N) is 1. The largest absolute Gasteiger partial charge is 0.449 e. The lowest BCUT2D eigenvalue weighted by Gasteiger charge is -2.15. The first-order chi connectivity index (χ1) is 9.90. The Hall–Kier alpha value is -1.44. The van der Waals surface area contributed by atoms with Crippen LogP contribution in [0.4, 0.5) is 5.69 Å². The van der Waals surface area contributed by atoms with Crippen LogP contribution in [-0.4, -0.2) is 4.92 Å². The lowest BCUT2D eigenvalue weighted by atomic mass is 10.1. The van der Waals surface area contributed by atoms with E-state index in [1.807, 2.05) is 13.0 Å². The van der Waals surface area contributed by atoms with Crippen LogP contribution in [0, 0.1) is 10.1 Å². The van der Waals surface area contributed by atoms with Crippen molar-refractivity contribution in [3.63, 3.8) is 0 Å². The molecule has 2 aromatic rings. The second-order valence-corrected chi connectivity index (χ2v) is 6.19. The molecule has 0 heterocycles. The molecular weight excluding hydrogens is 404 g/mol. The third-order valence-corrected chi connectivity index (χ3v) is 3.94. The zero-order chi connectivity index (χ0) is 15.6. The van der Waals surface area contributed by atoms with Gasteiger partial charge in [-0.1, -0.05) is 22.0 Å². The molecule has 0 aliphatic carbocycles. The fraction of sp³-hybridized carbons (Fsp3) is 0.143. The molecule has 2 N–H and O–H groups in total. The molecule has 0 aliphatic heterocycles. The van der Waals surface area contributed by atoms with Crippen LogP contribution < -0.4 is 10.5 Å². The number of rotatable bonds is 4. The Kier molecular flexibility index (Phi) is 4.97. The first kappa shape index (κ1) is 15.9. The Labute approximate surface area is 138 Å². The SMILES string of the molecule is CC(N)c1cc(Br)ccc1Oc1c(Br)cccc1[N+](=O)[O-]. The summed E-state index contributed by atoms with van der Waals surface area (Å²) in [6, 6.07) is 9.76. The number of nitro benzene ring substituents is 1. The van der Waals surface area contributed by atoms with Gasteiger partial charge in [-0.05, 0) is 47.1 Å². The van der Waals surface area contributed by atoms with Crippen molar-refractivity contribution in [2.45, 2.75) is 13.0 Å². The van der Waals surface area contributed by atoms with Crippen LogP contribution in [0.15, 0.2) is 45.3 Å². The summed E-state index contributed by atoms with van der Waals surface area (Å²) in [4.78, 5) is 10.6. The molecule has 0 radical (unpaired) electrons. The van der Waals surface area contributed by atoms with E-state index in [0.29, 0.717) is 10.2 Å². The summed E-state index contributed by atoms with van der Waals surface area (Å²) >= 11 is 6.65. The first-order valence-corrected chi connectivity index (χ1v) is 7.64. The van der Waals surface area contributed by atoms with Crippen molar-refractivity contribution in [1.29, 1.82) is 0 Å². The lowest BCUT2D eigenvalue weighted by molar-refractivity contribution is -0.385. The van der Waals surface area contributed by atoms with Gasteiger partial charge in [0.1, 0.15) is 5.75 Å². The molecule has 5 nitrogen and oxygen atoms in total. The van der Waals surface area contributed by atoms with Crippen molar-refractivity contribution < 1.29 is 9.66 Å². The van der Waals surface area contributed by atoms with Gasteiger partial charge in [-0.2, -0.15) is 0 Å². The highest BCUT2D eigenvalue weighted by molar-refractivity contribution is 9.10. The highest BCUT2D eigenvalue weighted by atomic mass is 79.9. The van der Waals surface area contributed by atoms with Gasteiger partial charge in [0.05, 0.1) is 9.40 Å². The second-order valence-electron chi connectivity index (χ2n) is 4.42. The molecule has 1 atom stereocenters. The highest BCUT2D eigenvalue weighted by Crippen LogP contribution is 2.40. The summed E-state index contributed by atoms with van der Waals surface area (Å²) in [5, 5.41) is 11.1. The number of hydrogen-bond donors (Lipinski definition) is 1. The Morgan fingerprint density at radius 1 is 1.29 bits per heavy atom. The van der Waals surface area contributed by atoms with Gasteiger partial charge in [0.2, 0.25) is 5.75 Å². The molecule has 7 heteroatoms. The molecule has 1 unspecified atom stereocenters. The fourth-order valence-electron chi connectivity index (χ4n) is 1.82. The smallest absolute Gasteiger partial charge is 0.312 e. The zero-order valence-corrected chi connectivity index (χ0v) is 14.2. The van der Waals surface area contributed by atoms with Crippen molar-refractivity contribution in [3.8, 4) is 11.5 Å². The zero-order valence-electron chi connectivity index (χ0n) is 11.0.